The van der Waals surface area contributed by atoms with E-state index in [1.165, 1.54) is 6.20 Å². The van der Waals surface area contributed by atoms with Crippen molar-refractivity contribution >= 4 is 15.9 Å². The summed E-state index contributed by atoms with van der Waals surface area (Å²) in [5.74, 6) is 0. The van der Waals surface area contributed by atoms with E-state index >= 15 is 0 Å². The van der Waals surface area contributed by atoms with E-state index in [0.717, 1.165) is 6.07 Å². The van der Waals surface area contributed by atoms with Crippen molar-refractivity contribution in [2.24, 2.45) is 0 Å². The number of hydrogen-bond acceptors (Lipinski definition) is 1. The topological polar surface area (TPSA) is 32.9 Å². The first-order chi connectivity index (χ1) is 5.65. The summed E-state index contributed by atoms with van der Waals surface area (Å²) in [6, 6.07) is 0.918. The number of hydrogen-bond donors (Lipinski definition) is 1. The minimum absolute atomic E-state index is 0.343. The minimum Gasteiger partial charge on any atom is -0.360 e. The molecule has 1 aromatic heterocycles. The molecule has 66 valence electrons. The van der Waals surface area contributed by atoms with E-state index in [0.29, 0.717) is 10.9 Å². The Kier molecular flexibility index (Phi) is 2.97. The first-order valence-corrected chi connectivity index (χ1v) is 4.33. The first kappa shape index (κ1) is 9.38. The summed E-state index contributed by atoms with van der Waals surface area (Å²) >= 11 is 3.06. The normalized spacial score (nSPS) is 10.7. The fourth-order valence-corrected chi connectivity index (χ4v) is 1.19. The highest BCUT2D eigenvalue weighted by Crippen LogP contribution is 2.14. The van der Waals surface area contributed by atoms with E-state index in [2.05, 4.69) is 20.9 Å². The molecule has 0 aromatic carbocycles. The van der Waals surface area contributed by atoms with Crippen molar-refractivity contribution in [1.29, 1.82) is 0 Å². The second-order valence-electron chi connectivity index (χ2n) is 2.21. The smallest absolute Gasteiger partial charge is 0.278 e. The van der Waals surface area contributed by atoms with Gasteiger partial charge in [-0.2, -0.15) is 0 Å². The lowest BCUT2D eigenvalue weighted by molar-refractivity contribution is 0.146. The molecule has 0 radical (unpaired) electrons. The van der Waals surface area contributed by atoms with Crippen molar-refractivity contribution in [3.05, 3.63) is 33.7 Å². The molecule has 2 nitrogen and oxygen atoms in total. The van der Waals surface area contributed by atoms with Crippen molar-refractivity contribution in [1.82, 2.24) is 4.98 Å². The fourth-order valence-electron chi connectivity index (χ4n) is 0.748. The fraction of sp³-hybridized carbons (Fsp3) is 0.286. The summed E-state index contributed by atoms with van der Waals surface area (Å²) in [7, 11) is 0. The lowest BCUT2D eigenvalue weighted by Gasteiger charge is -1.99. The summed E-state index contributed by atoms with van der Waals surface area (Å²) in [6.45, 7) is 0. The molecule has 5 heteroatoms. The predicted molar refractivity (Wildman–Crippen MR) is 44.7 cm³/mol. The van der Waals surface area contributed by atoms with Gasteiger partial charge in [-0.05, 0) is 0 Å². The summed E-state index contributed by atoms with van der Waals surface area (Å²) in [5, 5.41) is 0.367. The molecule has 0 fully saturated rings. The molecule has 0 bridgehead atoms. The summed E-state index contributed by atoms with van der Waals surface area (Å²) in [6.07, 6.45) is -1.33. The Balaban J connectivity index is 3.11. The van der Waals surface area contributed by atoms with Crippen LogP contribution in [0.1, 0.15) is 17.7 Å². The molecule has 1 N–H and O–H groups in total. The van der Waals surface area contributed by atoms with Gasteiger partial charge < -0.3 is 4.98 Å². The Morgan fingerprint density at radius 1 is 1.58 bits per heavy atom. The van der Waals surface area contributed by atoms with Crippen molar-refractivity contribution in [3.8, 4) is 0 Å². The molecule has 1 aromatic rings. The molecule has 1 rings (SSSR count). The van der Waals surface area contributed by atoms with Crippen LogP contribution in [0.15, 0.2) is 17.1 Å². The van der Waals surface area contributed by atoms with Crippen LogP contribution in [0.2, 0.25) is 0 Å². The average Bonchev–Trinajstić information content (AvgIpc) is 2.04. The molecule has 1 heterocycles. The number of nitrogens with one attached hydrogen (secondary N) is 1. The van der Waals surface area contributed by atoms with Gasteiger partial charge in [-0.25, -0.2) is 8.78 Å². The third-order valence-electron chi connectivity index (χ3n) is 1.40. The highest BCUT2D eigenvalue weighted by molar-refractivity contribution is 9.08. The lowest BCUT2D eigenvalue weighted by Crippen LogP contribution is -2.08. The van der Waals surface area contributed by atoms with Gasteiger partial charge in [-0.15, -0.1) is 0 Å². The van der Waals surface area contributed by atoms with Gasteiger partial charge in [0, 0.05) is 23.2 Å². The molecule has 0 amide bonds. The summed E-state index contributed by atoms with van der Waals surface area (Å²) in [4.78, 5) is 13.3. The second kappa shape index (κ2) is 3.80. The van der Waals surface area contributed by atoms with Crippen LogP contribution >= 0.6 is 15.9 Å². The molecule has 0 spiro atoms. The highest BCUT2D eigenvalue weighted by atomic mass is 79.9. The highest BCUT2D eigenvalue weighted by Gasteiger charge is 2.08. The van der Waals surface area contributed by atoms with Crippen LogP contribution in [0.25, 0.3) is 0 Å². The van der Waals surface area contributed by atoms with E-state index < -0.39 is 6.43 Å². The first-order valence-electron chi connectivity index (χ1n) is 3.20. The third kappa shape index (κ3) is 1.91. The molecular formula is C7H6BrF2NO. The van der Waals surface area contributed by atoms with Crippen LogP contribution in [-0.4, -0.2) is 4.98 Å². The van der Waals surface area contributed by atoms with Gasteiger partial charge >= 0.3 is 0 Å². The van der Waals surface area contributed by atoms with Gasteiger partial charge in [0.25, 0.3) is 6.43 Å². The van der Waals surface area contributed by atoms with Crippen LogP contribution in [0.3, 0.4) is 0 Å². The van der Waals surface area contributed by atoms with Crippen LogP contribution < -0.4 is 5.43 Å². The monoisotopic (exact) mass is 237 g/mol. The minimum atomic E-state index is -2.62. The van der Waals surface area contributed by atoms with Crippen LogP contribution in [0, 0.1) is 0 Å². The van der Waals surface area contributed by atoms with E-state index in [9.17, 15) is 13.6 Å². The maximum absolute atomic E-state index is 12.0. The third-order valence-corrected chi connectivity index (χ3v) is 2.00. The second-order valence-corrected chi connectivity index (χ2v) is 2.77. The zero-order valence-electron chi connectivity index (χ0n) is 5.98. The molecule has 12 heavy (non-hydrogen) atoms. The Bertz CT molecular complexity index is 323. The molecule has 0 unspecified atom stereocenters. The van der Waals surface area contributed by atoms with Gasteiger partial charge in [0.1, 0.15) is 0 Å². The maximum atomic E-state index is 12.0. The Labute approximate surface area is 75.7 Å². The Morgan fingerprint density at radius 3 is 2.67 bits per heavy atom. The number of aromatic nitrogens is 1. The Morgan fingerprint density at radius 2 is 2.25 bits per heavy atom. The summed E-state index contributed by atoms with van der Waals surface area (Å²) < 4.78 is 24.0. The van der Waals surface area contributed by atoms with Gasteiger partial charge in [-0.1, -0.05) is 15.9 Å². The van der Waals surface area contributed by atoms with Gasteiger partial charge in [0.05, 0.1) is 5.69 Å². The number of halogens is 3. The predicted octanol–water partition coefficient (Wildman–Crippen LogP) is 2.21. The number of pyridine rings is 1. The SMILES string of the molecule is O=c1cc(C(F)F)[nH]cc1CBr. The van der Waals surface area contributed by atoms with E-state index in [-0.39, 0.29) is 11.1 Å². The number of H-pyrrole nitrogens is 1. The van der Waals surface area contributed by atoms with E-state index in [4.69, 9.17) is 0 Å². The molecule has 0 saturated heterocycles. The van der Waals surface area contributed by atoms with Crippen molar-refractivity contribution in [2.45, 2.75) is 11.8 Å². The number of alkyl halides is 3. The molecule has 0 aliphatic heterocycles. The number of rotatable bonds is 2. The zero-order chi connectivity index (χ0) is 9.14. The van der Waals surface area contributed by atoms with Crippen molar-refractivity contribution < 1.29 is 8.78 Å². The quantitative estimate of drug-likeness (QED) is 0.787. The van der Waals surface area contributed by atoms with Gasteiger partial charge in [0.2, 0.25) is 0 Å². The standard InChI is InChI=1S/C7H6BrF2NO/c8-2-4-3-11-5(7(9)10)1-6(4)12/h1,3,7H,2H2,(H,11,12). The summed E-state index contributed by atoms with van der Waals surface area (Å²) in [5.41, 5.74) is -0.273. The average molecular weight is 238 g/mol. The van der Waals surface area contributed by atoms with Crippen molar-refractivity contribution in [3.63, 3.8) is 0 Å². The van der Waals surface area contributed by atoms with Crippen LogP contribution in [0.4, 0.5) is 8.78 Å². The van der Waals surface area contributed by atoms with Crippen molar-refractivity contribution in [2.75, 3.05) is 0 Å². The van der Waals surface area contributed by atoms with E-state index in [1.807, 2.05) is 0 Å². The van der Waals surface area contributed by atoms with Crippen LogP contribution in [-0.2, 0) is 5.33 Å². The van der Waals surface area contributed by atoms with Gasteiger partial charge in [0.15, 0.2) is 5.43 Å². The molecule has 0 aliphatic carbocycles. The largest absolute Gasteiger partial charge is 0.360 e. The number of aromatic amines is 1. The molecule has 0 atom stereocenters. The molecule has 0 aliphatic rings. The van der Waals surface area contributed by atoms with E-state index in [1.54, 1.807) is 0 Å². The maximum Gasteiger partial charge on any atom is 0.278 e. The lowest BCUT2D eigenvalue weighted by atomic mass is 10.2. The van der Waals surface area contributed by atoms with Gasteiger partial charge in [-0.3, -0.25) is 4.79 Å². The Hall–Kier alpha value is -0.710. The zero-order valence-corrected chi connectivity index (χ0v) is 7.57. The van der Waals surface area contributed by atoms with Crippen LogP contribution in [0.5, 0.6) is 0 Å². The molecular weight excluding hydrogens is 232 g/mol. The molecule has 0 saturated carbocycles.